The fourth-order valence-corrected chi connectivity index (χ4v) is 4.16. The Bertz CT molecular complexity index is 1250. The summed E-state index contributed by atoms with van der Waals surface area (Å²) >= 11 is 0. The van der Waals surface area contributed by atoms with Crippen LogP contribution < -0.4 is 15.8 Å². The van der Waals surface area contributed by atoms with Crippen LogP contribution in [-0.4, -0.2) is 60.2 Å². The largest absolute Gasteiger partial charge is 0.491 e. The second-order valence-electron chi connectivity index (χ2n) is 10.2. The van der Waals surface area contributed by atoms with Gasteiger partial charge in [0.15, 0.2) is 0 Å². The molecule has 0 saturated carbocycles. The molecule has 38 heavy (non-hydrogen) atoms. The summed E-state index contributed by atoms with van der Waals surface area (Å²) in [5.41, 5.74) is 7.50. The molecule has 202 valence electrons. The van der Waals surface area contributed by atoms with Crippen LogP contribution in [0.3, 0.4) is 0 Å². The molecule has 0 aromatic heterocycles. The van der Waals surface area contributed by atoms with Crippen LogP contribution in [-0.2, 0) is 22.4 Å². The first-order chi connectivity index (χ1) is 18.2. The SMILES string of the molecule is CN(CCc1ccccc1OCCO)C(=O)C(Cc1ccc2ccccc2c1)NC(=O)/C=C/CC(C)(C)N. The van der Waals surface area contributed by atoms with Crippen LogP contribution in [0.5, 0.6) is 5.75 Å². The van der Waals surface area contributed by atoms with Crippen molar-refractivity contribution in [2.24, 2.45) is 5.73 Å². The molecule has 3 aromatic carbocycles. The summed E-state index contributed by atoms with van der Waals surface area (Å²) in [7, 11) is 1.74. The standard InChI is InChI=1S/C31H39N3O4/c1-31(2,32)17-8-13-29(36)33-27(22-23-14-15-24-9-4-5-11-26(24)21-23)30(37)34(3)18-16-25-10-6-7-12-28(25)38-20-19-35/h4-15,21,27,35H,16-20,22,32H2,1-3H3,(H,33,36)/b13-8+. The molecule has 0 bridgehead atoms. The van der Waals surface area contributed by atoms with Gasteiger partial charge in [0.1, 0.15) is 18.4 Å². The molecule has 0 aliphatic rings. The van der Waals surface area contributed by atoms with E-state index in [9.17, 15) is 9.59 Å². The second kappa shape index (κ2) is 13.7. The van der Waals surface area contributed by atoms with Gasteiger partial charge in [-0.1, -0.05) is 66.7 Å². The third-order valence-corrected chi connectivity index (χ3v) is 6.20. The smallest absolute Gasteiger partial charge is 0.245 e. The zero-order valence-electron chi connectivity index (χ0n) is 22.5. The molecule has 3 aromatic rings. The second-order valence-corrected chi connectivity index (χ2v) is 10.2. The minimum absolute atomic E-state index is 0.0693. The lowest BCUT2D eigenvalue weighted by Crippen LogP contribution is -2.48. The quantitative estimate of drug-likeness (QED) is 0.301. The van der Waals surface area contributed by atoms with Crippen LogP contribution in [0.4, 0.5) is 0 Å². The van der Waals surface area contributed by atoms with Crippen LogP contribution in [0.2, 0.25) is 0 Å². The van der Waals surface area contributed by atoms with Gasteiger partial charge in [-0.15, -0.1) is 0 Å². The molecular weight excluding hydrogens is 478 g/mol. The topological polar surface area (TPSA) is 105 Å². The number of aliphatic hydroxyl groups is 1. The first-order valence-corrected chi connectivity index (χ1v) is 13.0. The zero-order chi connectivity index (χ0) is 27.5. The van der Waals surface area contributed by atoms with E-state index >= 15 is 0 Å². The van der Waals surface area contributed by atoms with Crippen molar-refractivity contribution >= 4 is 22.6 Å². The maximum atomic E-state index is 13.6. The minimum atomic E-state index is -0.731. The summed E-state index contributed by atoms with van der Waals surface area (Å²) < 4.78 is 5.63. The van der Waals surface area contributed by atoms with E-state index in [2.05, 4.69) is 11.4 Å². The Morgan fingerprint density at radius 1 is 1.08 bits per heavy atom. The highest BCUT2D eigenvalue weighted by Gasteiger charge is 2.24. The number of hydrogen-bond acceptors (Lipinski definition) is 5. The van der Waals surface area contributed by atoms with E-state index in [-0.39, 0.29) is 25.0 Å². The van der Waals surface area contributed by atoms with Crippen molar-refractivity contribution in [1.29, 1.82) is 0 Å². The van der Waals surface area contributed by atoms with Gasteiger partial charge in [-0.3, -0.25) is 9.59 Å². The molecule has 7 nitrogen and oxygen atoms in total. The predicted octanol–water partition coefficient (Wildman–Crippen LogP) is 3.62. The summed E-state index contributed by atoms with van der Waals surface area (Å²) in [4.78, 5) is 27.9. The maximum absolute atomic E-state index is 13.6. The molecule has 4 N–H and O–H groups in total. The zero-order valence-corrected chi connectivity index (χ0v) is 22.5. The molecule has 1 atom stereocenters. The van der Waals surface area contributed by atoms with Crippen molar-refractivity contribution in [2.75, 3.05) is 26.8 Å². The molecule has 2 amide bonds. The Hall–Kier alpha value is -3.68. The molecule has 0 radical (unpaired) electrons. The van der Waals surface area contributed by atoms with Gasteiger partial charge >= 0.3 is 0 Å². The van der Waals surface area contributed by atoms with E-state index in [1.165, 1.54) is 6.08 Å². The molecule has 1 unspecified atom stereocenters. The molecule has 0 aliphatic heterocycles. The van der Waals surface area contributed by atoms with E-state index < -0.39 is 11.6 Å². The highest BCUT2D eigenvalue weighted by atomic mass is 16.5. The minimum Gasteiger partial charge on any atom is -0.491 e. The normalized spacial score (nSPS) is 12.4. The molecule has 0 spiro atoms. The maximum Gasteiger partial charge on any atom is 0.245 e. The summed E-state index contributed by atoms with van der Waals surface area (Å²) in [6, 6.07) is 21.0. The Morgan fingerprint density at radius 3 is 2.53 bits per heavy atom. The summed E-state index contributed by atoms with van der Waals surface area (Å²) in [5, 5.41) is 14.2. The van der Waals surface area contributed by atoms with E-state index in [1.54, 1.807) is 18.0 Å². The Labute approximate surface area is 225 Å². The Kier molecular flexibility index (Phi) is 10.4. The first-order valence-electron chi connectivity index (χ1n) is 13.0. The number of likely N-dealkylation sites (N-methyl/N-ethyl adjacent to an activating group) is 1. The highest BCUT2D eigenvalue weighted by Crippen LogP contribution is 2.20. The van der Waals surface area contributed by atoms with Crippen molar-refractivity contribution in [3.63, 3.8) is 0 Å². The summed E-state index contributed by atoms with van der Waals surface area (Å²) in [6.45, 7) is 4.37. The lowest BCUT2D eigenvalue weighted by Gasteiger charge is -2.25. The number of benzene rings is 3. The fourth-order valence-electron chi connectivity index (χ4n) is 4.16. The molecular formula is C31H39N3O4. The van der Waals surface area contributed by atoms with Crippen LogP contribution in [0.25, 0.3) is 10.8 Å². The van der Waals surface area contributed by atoms with Gasteiger partial charge in [-0.05, 0) is 60.7 Å². The molecule has 0 aliphatic carbocycles. The van der Waals surface area contributed by atoms with Crippen molar-refractivity contribution in [3.8, 4) is 5.75 Å². The number of para-hydroxylation sites is 1. The van der Waals surface area contributed by atoms with Crippen LogP contribution in [0.15, 0.2) is 78.9 Å². The summed E-state index contributed by atoms with van der Waals surface area (Å²) in [5.74, 6) is 0.189. The number of nitrogens with two attached hydrogens (primary N) is 1. The van der Waals surface area contributed by atoms with E-state index in [4.69, 9.17) is 15.6 Å². The number of amides is 2. The van der Waals surface area contributed by atoms with Crippen molar-refractivity contribution < 1.29 is 19.4 Å². The third kappa shape index (κ3) is 9.01. The first kappa shape index (κ1) is 28.9. The van der Waals surface area contributed by atoms with Gasteiger partial charge in [0.2, 0.25) is 11.8 Å². The van der Waals surface area contributed by atoms with Crippen molar-refractivity contribution in [1.82, 2.24) is 10.2 Å². The Morgan fingerprint density at radius 2 is 1.79 bits per heavy atom. The molecule has 0 heterocycles. The van der Waals surface area contributed by atoms with Gasteiger partial charge < -0.3 is 25.8 Å². The van der Waals surface area contributed by atoms with Gasteiger partial charge in [-0.25, -0.2) is 0 Å². The van der Waals surface area contributed by atoms with Crippen molar-refractivity contribution in [2.45, 2.75) is 44.7 Å². The molecule has 3 rings (SSSR count). The monoisotopic (exact) mass is 517 g/mol. The molecule has 0 fully saturated rings. The number of aliphatic hydroxyl groups excluding tert-OH is 1. The average Bonchev–Trinajstić information content (AvgIpc) is 2.89. The van der Waals surface area contributed by atoms with Gasteiger partial charge in [-0.2, -0.15) is 0 Å². The number of nitrogens with zero attached hydrogens (tertiary/aromatic N) is 1. The highest BCUT2D eigenvalue weighted by molar-refractivity contribution is 5.93. The van der Waals surface area contributed by atoms with Gasteiger partial charge in [0.05, 0.1) is 6.61 Å². The van der Waals surface area contributed by atoms with Gasteiger partial charge in [0.25, 0.3) is 0 Å². The van der Waals surface area contributed by atoms with Crippen LogP contribution >= 0.6 is 0 Å². The predicted molar refractivity (Wildman–Crippen MR) is 152 cm³/mol. The van der Waals surface area contributed by atoms with E-state index in [0.717, 1.165) is 21.9 Å². The number of fused-ring (bicyclic) bond motifs is 1. The number of rotatable bonds is 13. The van der Waals surface area contributed by atoms with Crippen LogP contribution in [0.1, 0.15) is 31.4 Å². The van der Waals surface area contributed by atoms with E-state index in [0.29, 0.717) is 31.6 Å². The third-order valence-electron chi connectivity index (χ3n) is 6.20. The average molecular weight is 518 g/mol. The number of carbonyl (C=O) groups is 2. The Balaban J connectivity index is 1.74. The van der Waals surface area contributed by atoms with E-state index in [1.807, 2.05) is 74.5 Å². The number of carbonyl (C=O) groups excluding carboxylic acids is 2. The number of ether oxygens (including phenoxy) is 1. The van der Waals surface area contributed by atoms with Crippen LogP contribution in [0, 0.1) is 0 Å². The summed E-state index contributed by atoms with van der Waals surface area (Å²) in [6.07, 6.45) is 4.67. The molecule has 0 saturated heterocycles. The number of nitrogens with one attached hydrogen (secondary N) is 1. The number of hydrogen-bond donors (Lipinski definition) is 3. The fraction of sp³-hybridized carbons (Fsp3) is 0.355. The lowest BCUT2D eigenvalue weighted by molar-refractivity contribution is -0.134. The lowest BCUT2D eigenvalue weighted by atomic mass is 10.0. The van der Waals surface area contributed by atoms with Gasteiger partial charge in [0, 0.05) is 25.6 Å². The molecule has 7 heteroatoms. The van der Waals surface area contributed by atoms with Crippen molar-refractivity contribution in [3.05, 3.63) is 90.0 Å².